The first-order chi connectivity index (χ1) is 17.9. The van der Waals surface area contributed by atoms with Gasteiger partial charge in [0.05, 0.1) is 11.7 Å². The van der Waals surface area contributed by atoms with Crippen molar-refractivity contribution in [3.63, 3.8) is 0 Å². The fourth-order valence-corrected chi connectivity index (χ4v) is 5.29. The van der Waals surface area contributed by atoms with E-state index in [-0.39, 0.29) is 5.56 Å². The molecule has 200 valence electrons. The van der Waals surface area contributed by atoms with Gasteiger partial charge in [0.1, 0.15) is 17.2 Å². The number of rotatable bonds is 6. The van der Waals surface area contributed by atoms with Crippen molar-refractivity contribution in [3.8, 4) is 11.3 Å². The molecule has 2 heterocycles. The highest BCUT2D eigenvalue weighted by molar-refractivity contribution is 6.30. The number of carbonyl (C=O) groups excluding carboxylic acids is 1. The molecule has 10 heteroatoms. The Morgan fingerprint density at radius 1 is 1.18 bits per heavy atom. The molecule has 0 spiro atoms. The lowest BCUT2D eigenvalue weighted by atomic mass is 9.64. The Hall–Kier alpha value is -3.56. The van der Waals surface area contributed by atoms with Gasteiger partial charge in [-0.05, 0) is 82.3 Å². The number of benzene rings is 1. The summed E-state index contributed by atoms with van der Waals surface area (Å²) in [5.74, 6) is -1.84. The van der Waals surface area contributed by atoms with Gasteiger partial charge in [-0.2, -0.15) is 5.10 Å². The lowest BCUT2D eigenvalue weighted by molar-refractivity contribution is -0.159. The Kier molecular flexibility index (Phi) is 7.71. The van der Waals surface area contributed by atoms with Gasteiger partial charge in [0, 0.05) is 28.4 Å². The molecule has 1 aliphatic carbocycles. The van der Waals surface area contributed by atoms with E-state index in [9.17, 15) is 19.5 Å². The molecule has 3 N–H and O–H groups in total. The largest absolute Gasteiger partial charge is 0.477 e. The first-order valence-electron chi connectivity index (χ1n) is 12.4. The first kappa shape index (κ1) is 27.5. The Morgan fingerprint density at radius 2 is 1.89 bits per heavy atom. The van der Waals surface area contributed by atoms with Gasteiger partial charge in [-0.1, -0.05) is 23.7 Å². The summed E-state index contributed by atoms with van der Waals surface area (Å²) in [6.45, 7) is 5.36. The Labute approximate surface area is 225 Å². The molecule has 0 aliphatic heterocycles. The van der Waals surface area contributed by atoms with Gasteiger partial charge < -0.3 is 15.6 Å². The van der Waals surface area contributed by atoms with Gasteiger partial charge in [-0.3, -0.25) is 14.6 Å². The van der Waals surface area contributed by atoms with Crippen LogP contribution in [0.3, 0.4) is 0 Å². The van der Waals surface area contributed by atoms with Crippen LogP contribution in [0.5, 0.6) is 0 Å². The predicted octanol–water partition coefficient (Wildman–Crippen LogP) is 4.38. The maximum atomic E-state index is 13.2. The van der Waals surface area contributed by atoms with Crippen molar-refractivity contribution in [2.75, 3.05) is 0 Å². The molecule has 9 nitrogen and oxygen atoms in total. The molecule has 1 fully saturated rings. The molecule has 0 radical (unpaired) electrons. The van der Waals surface area contributed by atoms with Crippen LogP contribution in [0.25, 0.3) is 11.3 Å². The van der Waals surface area contributed by atoms with Crippen molar-refractivity contribution in [2.45, 2.75) is 69.6 Å². The van der Waals surface area contributed by atoms with Crippen LogP contribution in [0.4, 0.5) is 0 Å². The summed E-state index contributed by atoms with van der Waals surface area (Å²) in [6.07, 6.45) is 4.91. The average molecular weight is 539 g/mol. The second kappa shape index (κ2) is 10.7. The van der Waals surface area contributed by atoms with Crippen LogP contribution >= 0.6 is 11.6 Å². The van der Waals surface area contributed by atoms with Gasteiger partial charge in [0.2, 0.25) is 0 Å². The van der Waals surface area contributed by atoms with E-state index in [0.717, 1.165) is 5.56 Å². The highest BCUT2D eigenvalue weighted by Crippen LogP contribution is 2.45. The van der Waals surface area contributed by atoms with E-state index in [4.69, 9.17) is 22.1 Å². The summed E-state index contributed by atoms with van der Waals surface area (Å²) < 4.78 is 6.89. The van der Waals surface area contributed by atoms with E-state index in [1.807, 2.05) is 18.2 Å². The molecule has 1 unspecified atom stereocenters. The molecule has 4 rings (SSSR count). The van der Waals surface area contributed by atoms with Crippen LogP contribution in [0.1, 0.15) is 68.4 Å². The number of halogens is 1. The Morgan fingerprint density at radius 3 is 2.47 bits per heavy atom. The number of carbonyl (C=O) groups is 2. The quantitative estimate of drug-likeness (QED) is 0.441. The number of hydrogen-bond donors (Lipinski definition) is 2. The van der Waals surface area contributed by atoms with E-state index in [1.54, 1.807) is 51.4 Å². The normalized spacial score (nSPS) is 20.5. The number of carboxylic acids is 1. The zero-order valence-corrected chi connectivity index (χ0v) is 22.3. The number of hydrogen-bond acceptors (Lipinski definition) is 7. The maximum Gasteiger partial charge on any atom is 0.341 e. The smallest absolute Gasteiger partial charge is 0.341 e. The highest BCUT2D eigenvalue weighted by Gasteiger charge is 2.47. The number of aromatic nitrogens is 3. The van der Waals surface area contributed by atoms with Crippen LogP contribution < -0.4 is 11.3 Å². The minimum absolute atomic E-state index is 0.340. The second-order valence-corrected chi connectivity index (χ2v) is 11.1. The number of nitrogens with two attached hydrogens (primary N) is 1. The van der Waals surface area contributed by atoms with Crippen molar-refractivity contribution < 1.29 is 19.4 Å². The third kappa shape index (κ3) is 5.63. The van der Waals surface area contributed by atoms with E-state index in [0.29, 0.717) is 42.0 Å². The molecule has 1 aliphatic rings. The Balaban J connectivity index is 1.72. The standard InChI is InChI=1S/C28H31ClN4O5/c1-27(2,3)38-26(37)23(30)28(18-7-4-8-19(29)14-18)11-9-20(10-12-28)33-24(34)21(25(35)36)15-22(32-33)17-6-5-13-31-16-17/h4-8,13-16,20,23H,9-12,30H2,1-3H3,(H,35,36). The van der Waals surface area contributed by atoms with Gasteiger partial charge >= 0.3 is 11.9 Å². The van der Waals surface area contributed by atoms with Gasteiger partial charge in [0.15, 0.2) is 0 Å². The first-order valence-corrected chi connectivity index (χ1v) is 12.8. The van der Waals surface area contributed by atoms with E-state index in [1.165, 1.54) is 10.7 Å². The molecule has 3 aromatic rings. The lowest BCUT2D eigenvalue weighted by Gasteiger charge is -2.44. The van der Waals surface area contributed by atoms with E-state index in [2.05, 4.69) is 10.1 Å². The summed E-state index contributed by atoms with van der Waals surface area (Å²) in [5, 5.41) is 14.8. The zero-order valence-electron chi connectivity index (χ0n) is 21.6. The lowest BCUT2D eigenvalue weighted by Crippen LogP contribution is -2.54. The molecule has 38 heavy (non-hydrogen) atoms. The van der Waals surface area contributed by atoms with Crippen molar-refractivity contribution in [3.05, 3.63) is 81.4 Å². The van der Waals surface area contributed by atoms with Gasteiger partial charge in [0.25, 0.3) is 5.56 Å². The molecule has 0 bridgehead atoms. The number of aromatic carboxylic acids is 1. The summed E-state index contributed by atoms with van der Waals surface area (Å²) >= 11 is 6.31. The number of esters is 1. The zero-order chi connectivity index (χ0) is 27.7. The van der Waals surface area contributed by atoms with Crippen LogP contribution in [-0.2, 0) is 14.9 Å². The number of ether oxygens (including phenoxy) is 1. The average Bonchev–Trinajstić information content (AvgIpc) is 2.88. The molecule has 1 saturated carbocycles. The van der Waals surface area contributed by atoms with Crippen molar-refractivity contribution in [1.29, 1.82) is 0 Å². The Bertz CT molecular complexity index is 1390. The van der Waals surface area contributed by atoms with Crippen LogP contribution in [-0.4, -0.2) is 43.5 Å². The van der Waals surface area contributed by atoms with Crippen LogP contribution in [0.15, 0.2) is 59.7 Å². The highest BCUT2D eigenvalue weighted by atomic mass is 35.5. The monoisotopic (exact) mass is 538 g/mol. The number of pyridine rings is 1. The van der Waals surface area contributed by atoms with Crippen molar-refractivity contribution >= 4 is 23.5 Å². The topological polar surface area (TPSA) is 137 Å². The van der Waals surface area contributed by atoms with Gasteiger partial charge in [-0.15, -0.1) is 0 Å². The number of nitrogens with zero attached hydrogens (tertiary/aromatic N) is 3. The minimum atomic E-state index is -1.33. The summed E-state index contributed by atoms with van der Waals surface area (Å²) in [4.78, 5) is 42.3. The molecular weight excluding hydrogens is 508 g/mol. The third-order valence-corrected chi connectivity index (χ3v) is 7.21. The predicted molar refractivity (Wildman–Crippen MR) is 143 cm³/mol. The van der Waals surface area contributed by atoms with E-state index < -0.39 is 40.6 Å². The molecule has 2 aromatic heterocycles. The fourth-order valence-electron chi connectivity index (χ4n) is 5.10. The van der Waals surface area contributed by atoms with Crippen molar-refractivity contribution in [2.24, 2.45) is 5.73 Å². The molecule has 1 atom stereocenters. The maximum absolute atomic E-state index is 13.2. The summed E-state index contributed by atoms with van der Waals surface area (Å²) in [7, 11) is 0. The summed E-state index contributed by atoms with van der Waals surface area (Å²) in [5.41, 5.74) is 5.82. The summed E-state index contributed by atoms with van der Waals surface area (Å²) in [6, 6.07) is 10.6. The fraction of sp³-hybridized carbons (Fsp3) is 0.393. The van der Waals surface area contributed by atoms with Crippen molar-refractivity contribution in [1.82, 2.24) is 14.8 Å². The third-order valence-electron chi connectivity index (χ3n) is 6.97. The molecule has 0 amide bonds. The second-order valence-electron chi connectivity index (χ2n) is 10.6. The van der Waals surface area contributed by atoms with E-state index >= 15 is 0 Å². The van der Waals surface area contributed by atoms with Gasteiger partial charge in [-0.25, -0.2) is 9.48 Å². The molecular formula is C28H31ClN4O5. The van der Waals surface area contributed by atoms with Crippen LogP contribution in [0, 0.1) is 0 Å². The van der Waals surface area contributed by atoms with Crippen LogP contribution in [0.2, 0.25) is 5.02 Å². The molecule has 1 aromatic carbocycles. The minimum Gasteiger partial charge on any atom is -0.477 e. The molecule has 0 saturated heterocycles. The SMILES string of the molecule is CC(C)(C)OC(=O)C(N)C1(c2cccc(Cl)c2)CCC(n2nc(-c3cccnc3)cc(C(=O)O)c2=O)CC1. The number of carboxylic acid groups (broad SMARTS) is 1.